The number of hydrogen-bond acceptors (Lipinski definition) is 5. The molecule has 0 aliphatic heterocycles. The molecule has 8 heteroatoms. The number of allylic oxidation sites excluding steroid dienone is 1. The number of carbonyl (C=O) groups is 1. The van der Waals surface area contributed by atoms with Gasteiger partial charge in [-0.15, -0.1) is 0 Å². The number of nitrogens with zero attached hydrogens (tertiary/aromatic N) is 2. The Labute approximate surface area is 215 Å². The predicted molar refractivity (Wildman–Crippen MR) is 145 cm³/mol. The Balaban J connectivity index is 1.23. The van der Waals surface area contributed by atoms with Crippen molar-refractivity contribution in [3.63, 3.8) is 0 Å². The van der Waals surface area contributed by atoms with Crippen LogP contribution in [-0.2, 0) is 4.79 Å². The highest BCUT2D eigenvalue weighted by molar-refractivity contribution is 6.33. The molecule has 2 heterocycles. The van der Waals surface area contributed by atoms with Gasteiger partial charge in [0.25, 0.3) is 0 Å². The van der Waals surface area contributed by atoms with Gasteiger partial charge in [-0.2, -0.15) is 0 Å². The number of halogens is 1. The minimum absolute atomic E-state index is 0.0834. The smallest absolute Gasteiger partial charge is 0.248 e. The van der Waals surface area contributed by atoms with Crippen molar-refractivity contribution in [1.29, 1.82) is 0 Å². The first-order valence-corrected chi connectivity index (χ1v) is 12.5. The number of benzene rings is 2. The average molecular weight is 502 g/mol. The van der Waals surface area contributed by atoms with Crippen LogP contribution in [0.4, 0.5) is 11.6 Å². The van der Waals surface area contributed by atoms with E-state index in [2.05, 4.69) is 26.7 Å². The Morgan fingerprint density at radius 3 is 2.83 bits per heavy atom. The molecular weight excluding hydrogens is 474 g/mol. The molecule has 7 nitrogen and oxygen atoms in total. The number of H-pyrrole nitrogens is 1. The van der Waals surface area contributed by atoms with Gasteiger partial charge < -0.3 is 20.4 Å². The van der Waals surface area contributed by atoms with Gasteiger partial charge in [-0.05, 0) is 62.6 Å². The van der Waals surface area contributed by atoms with Crippen molar-refractivity contribution in [3.05, 3.63) is 78.1 Å². The molecule has 5 rings (SSSR count). The minimum atomic E-state index is -0.148. The van der Waals surface area contributed by atoms with E-state index in [-0.39, 0.29) is 18.1 Å². The van der Waals surface area contributed by atoms with Gasteiger partial charge in [-0.3, -0.25) is 4.79 Å². The molecule has 2 aromatic carbocycles. The molecule has 2 aromatic heterocycles. The summed E-state index contributed by atoms with van der Waals surface area (Å²) in [5.41, 5.74) is 3.43. The van der Waals surface area contributed by atoms with Crippen LogP contribution in [0.15, 0.2) is 73.1 Å². The van der Waals surface area contributed by atoms with E-state index in [0.29, 0.717) is 16.7 Å². The summed E-state index contributed by atoms with van der Waals surface area (Å²) in [7, 11) is 0. The Bertz CT molecular complexity index is 1380. The highest BCUT2D eigenvalue weighted by Gasteiger charge is 2.24. The maximum atomic E-state index is 11.7. The first-order chi connectivity index (χ1) is 17.6. The lowest BCUT2D eigenvalue weighted by Crippen LogP contribution is -2.33. The third kappa shape index (κ3) is 5.52. The summed E-state index contributed by atoms with van der Waals surface area (Å²) in [6.07, 6.45) is 10.8. The van der Waals surface area contributed by atoms with Crippen LogP contribution < -0.4 is 15.4 Å². The van der Waals surface area contributed by atoms with E-state index in [0.717, 1.165) is 53.6 Å². The number of nitrogens with one attached hydrogen (secondary N) is 3. The van der Waals surface area contributed by atoms with Crippen LogP contribution in [0.5, 0.6) is 5.75 Å². The molecule has 0 saturated heterocycles. The molecule has 4 aromatic rings. The third-order valence-corrected chi connectivity index (χ3v) is 6.57. The van der Waals surface area contributed by atoms with Gasteiger partial charge in [0.05, 0.1) is 16.9 Å². The van der Waals surface area contributed by atoms with Crippen LogP contribution >= 0.6 is 11.6 Å². The molecule has 0 bridgehead atoms. The zero-order valence-corrected chi connectivity index (χ0v) is 20.8. The van der Waals surface area contributed by atoms with Crippen LogP contribution in [0, 0.1) is 0 Å². The molecule has 0 radical (unpaired) electrons. The molecule has 36 heavy (non-hydrogen) atoms. The monoisotopic (exact) mass is 501 g/mol. The molecule has 0 unspecified atom stereocenters. The second-order valence-corrected chi connectivity index (χ2v) is 9.31. The Kier molecular flexibility index (Phi) is 7.18. The first kappa shape index (κ1) is 23.9. The molecule has 1 aliphatic rings. The van der Waals surface area contributed by atoms with Gasteiger partial charge >= 0.3 is 0 Å². The maximum absolute atomic E-state index is 11.7. The number of aromatic amines is 1. The van der Waals surface area contributed by atoms with Crippen molar-refractivity contribution < 1.29 is 9.53 Å². The Morgan fingerprint density at radius 2 is 2.00 bits per heavy atom. The van der Waals surface area contributed by atoms with E-state index in [1.807, 2.05) is 55.6 Å². The second kappa shape index (κ2) is 10.8. The molecule has 1 aliphatic carbocycles. The second-order valence-electron chi connectivity index (χ2n) is 8.90. The van der Waals surface area contributed by atoms with Crippen molar-refractivity contribution in [1.82, 2.24) is 15.0 Å². The van der Waals surface area contributed by atoms with Gasteiger partial charge in [0.1, 0.15) is 11.9 Å². The lowest BCUT2D eigenvalue weighted by molar-refractivity contribution is -0.111. The molecule has 184 valence electrons. The zero-order valence-electron chi connectivity index (χ0n) is 20.0. The van der Waals surface area contributed by atoms with E-state index >= 15 is 0 Å². The molecule has 1 saturated carbocycles. The number of amides is 1. The first-order valence-electron chi connectivity index (χ1n) is 12.1. The SMILES string of the molecule is C/C=C/C(=O)Nc1ccc(O[C@@H]2CCC[C@@H](Nc3ncc(Cl)c(-c4c[nH]c5ccccc45)n3)C2)cc1. The summed E-state index contributed by atoms with van der Waals surface area (Å²) < 4.78 is 6.25. The summed E-state index contributed by atoms with van der Waals surface area (Å²) in [6.45, 7) is 1.81. The van der Waals surface area contributed by atoms with Gasteiger partial charge in [-0.1, -0.05) is 35.9 Å². The fourth-order valence-electron chi connectivity index (χ4n) is 4.60. The number of ether oxygens (including phenoxy) is 1. The van der Waals surface area contributed by atoms with Crippen molar-refractivity contribution in [2.75, 3.05) is 10.6 Å². The van der Waals surface area contributed by atoms with Crippen molar-refractivity contribution in [3.8, 4) is 17.0 Å². The minimum Gasteiger partial charge on any atom is -0.490 e. The third-order valence-electron chi connectivity index (χ3n) is 6.29. The fraction of sp³-hybridized carbons (Fsp3) is 0.250. The van der Waals surface area contributed by atoms with Crippen molar-refractivity contribution in [2.24, 2.45) is 0 Å². The van der Waals surface area contributed by atoms with Crippen LogP contribution in [0.1, 0.15) is 32.6 Å². The highest BCUT2D eigenvalue weighted by Crippen LogP contribution is 2.33. The number of anilines is 2. The van der Waals surface area contributed by atoms with Crippen LogP contribution in [0.2, 0.25) is 5.02 Å². The topological polar surface area (TPSA) is 91.9 Å². The molecule has 1 amide bonds. The maximum Gasteiger partial charge on any atom is 0.248 e. The lowest BCUT2D eigenvalue weighted by Gasteiger charge is -2.30. The number of rotatable bonds is 7. The summed E-state index contributed by atoms with van der Waals surface area (Å²) in [6, 6.07) is 15.8. The standard InChI is InChI=1S/C28H28ClN5O2/c1-2-6-26(35)32-18-11-13-20(14-12-18)36-21-8-5-7-19(15-21)33-28-31-17-24(29)27(34-28)23-16-30-25-10-4-3-9-22(23)25/h2-4,6,9-14,16-17,19,21,30H,5,7-8,15H2,1H3,(H,32,35)(H,31,33,34)/b6-2+/t19-,21-/m1/s1. The number of para-hydroxylation sites is 1. The zero-order chi connectivity index (χ0) is 24.9. The van der Waals surface area contributed by atoms with Crippen molar-refractivity contribution in [2.45, 2.75) is 44.8 Å². The van der Waals surface area contributed by atoms with Crippen LogP contribution in [-0.4, -0.2) is 33.0 Å². The summed E-state index contributed by atoms with van der Waals surface area (Å²) in [5.74, 6) is 1.20. The quantitative estimate of drug-likeness (QED) is 0.248. The normalized spacial score (nSPS) is 17.8. The number of carbonyl (C=O) groups excluding carboxylic acids is 1. The Morgan fingerprint density at radius 1 is 1.17 bits per heavy atom. The predicted octanol–water partition coefficient (Wildman–Crippen LogP) is 6.60. The number of aromatic nitrogens is 3. The molecule has 2 atom stereocenters. The highest BCUT2D eigenvalue weighted by atomic mass is 35.5. The molecule has 1 fully saturated rings. The summed E-state index contributed by atoms with van der Waals surface area (Å²) in [5, 5.41) is 7.90. The van der Waals surface area contributed by atoms with E-state index in [4.69, 9.17) is 21.3 Å². The fourth-order valence-corrected chi connectivity index (χ4v) is 4.80. The molecule has 3 N–H and O–H groups in total. The van der Waals surface area contributed by atoms with Crippen molar-refractivity contribution >= 4 is 40.0 Å². The molecule has 0 spiro atoms. The largest absolute Gasteiger partial charge is 0.490 e. The molecular formula is C28H28ClN5O2. The van der Waals surface area contributed by atoms with Crippen LogP contribution in [0.25, 0.3) is 22.2 Å². The van der Waals surface area contributed by atoms with Gasteiger partial charge in [0, 0.05) is 40.8 Å². The van der Waals surface area contributed by atoms with Gasteiger partial charge in [0.15, 0.2) is 0 Å². The summed E-state index contributed by atoms with van der Waals surface area (Å²) >= 11 is 6.49. The Hall–Kier alpha value is -3.84. The summed E-state index contributed by atoms with van der Waals surface area (Å²) in [4.78, 5) is 24.2. The average Bonchev–Trinajstić information content (AvgIpc) is 3.31. The number of hydrogen-bond donors (Lipinski definition) is 3. The van der Waals surface area contributed by atoms with E-state index in [9.17, 15) is 4.79 Å². The number of fused-ring (bicyclic) bond motifs is 1. The van der Waals surface area contributed by atoms with E-state index in [1.54, 1.807) is 12.3 Å². The van der Waals surface area contributed by atoms with E-state index < -0.39 is 0 Å². The van der Waals surface area contributed by atoms with E-state index in [1.165, 1.54) is 6.08 Å². The van der Waals surface area contributed by atoms with Gasteiger partial charge in [0.2, 0.25) is 11.9 Å². The van der Waals surface area contributed by atoms with Crippen LogP contribution in [0.3, 0.4) is 0 Å². The lowest BCUT2D eigenvalue weighted by atomic mass is 9.93. The van der Waals surface area contributed by atoms with Gasteiger partial charge in [-0.25, -0.2) is 9.97 Å².